The molecule has 2 aromatic rings. The Hall–Kier alpha value is -3.35. The number of oxime groups is 1. The highest BCUT2D eigenvalue weighted by Crippen LogP contribution is 2.24. The second kappa shape index (κ2) is 6.40. The van der Waals surface area contributed by atoms with Crippen molar-refractivity contribution in [1.29, 1.82) is 0 Å². The Morgan fingerprint density at radius 2 is 1.91 bits per heavy atom. The van der Waals surface area contributed by atoms with Crippen LogP contribution in [0.5, 0.6) is 5.75 Å². The van der Waals surface area contributed by atoms with Crippen LogP contribution >= 0.6 is 0 Å². The highest BCUT2D eigenvalue weighted by Gasteiger charge is 2.09. The maximum Gasteiger partial charge on any atom is 0.270 e. The zero-order valence-corrected chi connectivity index (χ0v) is 11.4. The Balaban J connectivity index is 2.32. The van der Waals surface area contributed by atoms with Gasteiger partial charge in [-0.2, -0.15) is 0 Å². The fourth-order valence-corrected chi connectivity index (χ4v) is 1.80. The van der Waals surface area contributed by atoms with Crippen LogP contribution in [0.2, 0.25) is 0 Å². The fraction of sp³-hybridized carbons (Fsp3) is 0. The van der Waals surface area contributed by atoms with Crippen LogP contribution in [0.25, 0.3) is 6.08 Å². The Morgan fingerprint density at radius 1 is 1.23 bits per heavy atom. The number of allylic oxidation sites excluding steroid dienone is 1. The Kier molecular flexibility index (Phi) is 4.38. The van der Waals surface area contributed by atoms with E-state index in [1.165, 1.54) is 30.4 Å². The molecule has 2 rings (SSSR count). The highest BCUT2D eigenvalue weighted by molar-refractivity contribution is 6.10. The molecule has 0 aliphatic rings. The van der Waals surface area contributed by atoms with Gasteiger partial charge in [-0.25, -0.2) is 0 Å². The number of anilines is 1. The second-order valence-corrected chi connectivity index (χ2v) is 4.44. The lowest BCUT2D eigenvalue weighted by Crippen LogP contribution is -1.97. The third-order valence-electron chi connectivity index (χ3n) is 2.96. The average molecular weight is 299 g/mol. The van der Waals surface area contributed by atoms with Crippen LogP contribution < -0.4 is 5.73 Å². The highest BCUT2D eigenvalue weighted by atomic mass is 16.6. The van der Waals surface area contributed by atoms with Gasteiger partial charge < -0.3 is 16.0 Å². The van der Waals surface area contributed by atoms with Crippen LogP contribution in [0.3, 0.4) is 0 Å². The first-order chi connectivity index (χ1) is 10.5. The molecule has 0 bridgehead atoms. The summed E-state index contributed by atoms with van der Waals surface area (Å²) in [4.78, 5) is 10.2. The summed E-state index contributed by atoms with van der Waals surface area (Å²) in [6.07, 6.45) is 2.86. The SMILES string of the molecule is Nc1ccc(C(C=Cc2cc([N+](=O)[O-])ccc2O)=NO)cc1. The molecule has 7 heteroatoms. The number of nitro benzene ring substituents is 1. The Morgan fingerprint density at radius 3 is 2.50 bits per heavy atom. The van der Waals surface area contributed by atoms with E-state index in [9.17, 15) is 15.2 Å². The number of nitrogens with zero attached hydrogens (tertiary/aromatic N) is 2. The third-order valence-corrected chi connectivity index (χ3v) is 2.96. The number of nitrogen functional groups attached to an aromatic ring is 1. The molecule has 0 aliphatic heterocycles. The van der Waals surface area contributed by atoms with E-state index in [0.29, 0.717) is 11.3 Å². The second-order valence-electron chi connectivity index (χ2n) is 4.44. The minimum Gasteiger partial charge on any atom is -0.507 e. The van der Waals surface area contributed by atoms with Gasteiger partial charge in [-0.05, 0) is 30.4 Å². The van der Waals surface area contributed by atoms with Crippen molar-refractivity contribution >= 4 is 23.2 Å². The number of benzene rings is 2. The van der Waals surface area contributed by atoms with Gasteiger partial charge in [0.25, 0.3) is 5.69 Å². The summed E-state index contributed by atoms with van der Waals surface area (Å²) in [5, 5.41) is 32.7. The van der Waals surface area contributed by atoms with E-state index < -0.39 is 4.92 Å². The molecule has 0 unspecified atom stereocenters. The summed E-state index contributed by atoms with van der Waals surface area (Å²) in [7, 11) is 0. The van der Waals surface area contributed by atoms with Gasteiger partial charge in [0.2, 0.25) is 0 Å². The fourth-order valence-electron chi connectivity index (χ4n) is 1.80. The zero-order chi connectivity index (χ0) is 16.1. The lowest BCUT2D eigenvalue weighted by molar-refractivity contribution is -0.384. The smallest absolute Gasteiger partial charge is 0.270 e. The molecular weight excluding hydrogens is 286 g/mol. The van der Waals surface area contributed by atoms with Gasteiger partial charge in [0.15, 0.2) is 0 Å². The lowest BCUT2D eigenvalue weighted by atomic mass is 10.1. The van der Waals surface area contributed by atoms with Crippen molar-refractivity contribution in [2.24, 2.45) is 5.16 Å². The summed E-state index contributed by atoms with van der Waals surface area (Å²) in [5.74, 6) is -0.114. The number of phenolic OH excluding ortho intramolecular Hbond substituents is 1. The predicted octanol–water partition coefficient (Wildman–Crippen LogP) is 2.77. The first kappa shape index (κ1) is 15.0. The molecule has 2 aromatic carbocycles. The first-order valence-electron chi connectivity index (χ1n) is 6.24. The van der Waals surface area contributed by atoms with Crippen LogP contribution in [-0.4, -0.2) is 20.9 Å². The largest absolute Gasteiger partial charge is 0.507 e. The molecule has 0 saturated carbocycles. The molecule has 0 radical (unpaired) electrons. The van der Waals surface area contributed by atoms with Gasteiger partial charge in [0.05, 0.1) is 4.92 Å². The van der Waals surface area contributed by atoms with E-state index in [1.54, 1.807) is 24.3 Å². The molecular formula is C15H13N3O4. The first-order valence-corrected chi connectivity index (χ1v) is 6.24. The molecule has 0 aliphatic carbocycles. The number of hydrogen-bond acceptors (Lipinski definition) is 6. The quantitative estimate of drug-likeness (QED) is 0.263. The van der Waals surface area contributed by atoms with Crippen LogP contribution in [-0.2, 0) is 0 Å². The maximum absolute atomic E-state index is 10.7. The molecule has 7 nitrogen and oxygen atoms in total. The molecule has 0 saturated heterocycles. The number of nitrogens with two attached hydrogens (primary N) is 1. The number of aromatic hydroxyl groups is 1. The standard InChI is InChI=1S/C15H13N3O4/c16-12-4-1-10(2-5-12)14(17-20)7-3-11-9-13(18(21)22)6-8-15(11)19/h1-9,19-20H,16H2. The van der Waals surface area contributed by atoms with Crippen LogP contribution in [0, 0.1) is 10.1 Å². The van der Waals surface area contributed by atoms with E-state index in [1.807, 2.05) is 0 Å². The van der Waals surface area contributed by atoms with Gasteiger partial charge in [-0.3, -0.25) is 10.1 Å². The van der Waals surface area contributed by atoms with Gasteiger partial charge in [0, 0.05) is 28.9 Å². The molecule has 0 fully saturated rings. The predicted molar refractivity (Wildman–Crippen MR) is 83.0 cm³/mol. The van der Waals surface area contributed by atoms with Crippen LogP contribution in [0.1, 0.15) is 11.1 Å². The number of non-ortho nitro benzene ring substituents is 1. The van der Waals surface area contributed by atoms with E-state index >= 15 is 0 Å². The number of phenols is 1. The molecule has 0 heterocycles. The van der Waals surface area contributed by atoms with Crippen molar-refractivity contribution in [2.45, 2.75) is 0 Å². The van der Waals surface area contributed by atoms with Crippen LogP contribution in [0.4, 0.5) is 11.4 Å². The summed E-state index contributed by atoms with van der Waals surface area (Å²) in [6.45, 7) is 0. The summed E-state index contributed by atoms with van der Waals surface area (Å²) in [5.41, 5.74) is 7.08. The topological polar surface area (TPSA) is 122 Å². The van der Waals surface area contributed by atoms with E-state index in [2.05, 4.69) is 5.16 Å². The summed E-state index contributed by atoms with van der Waals surface area (Å²) in [6, 6.07) is 10.3. The molecule has 0 atom stereocenters. The van der Waals surface area contributed by atoms with E-state index in [4.69, 9.17) is 10.9 Å². The van der Waals surface area contributed by atoms with Crippen molar-refractivity contribution in [3.05, 3.63) is 69.8 Å². The van der Waals surface area contributed by atoms with Gasteiger partial charge in [-0.15, -0.1) is 0 Å². The maximum atomic E-state index is 10.7. The monoisotopic (exact) mass is 299 g/mol. The molecule has 4 N–H and O–H groups in total. The Labute approximate surface area is 125 Å². The lowest BCUT2D eigenvalue weighted by Gasteiger charge is -2.02. The number of rotatable bonds is 4. The molecule has 0 spiro atoms. The average Bonchev–Trinajstić information content (AvgIpc) is 2.50. The molecule has 0 aromatic heterocycles. The number of hydrogen-bond donors (Lipinski definition) is 3. The minimum atomic E-state index is -0.558. The van der Waals surface area contributed by atoms with Gasteiger partial charge in [0.1, 0.15) is 11.5 Å². The van der Waals surface area contributed by atoms with E-state index in [0.717, 1.165) is 0 Å². The van der Waals surface area contributed by atoms with Crippen molar-refractivity contribution in [1.82, 2.24) is 0 Å². The van der Waals surface area contributed by atoms with Crippen molar-refractivity contribution in [3.63, 3.8) is 0 Å². The zero-order valence-electron chi connectivity index (χ0n) is 11.4. The third kappa shape index (κ3) is 3.40. The van der Waals surface area contributed by atoms with E-state index in [-0.39, 0.29) is 22.7 Å². The Bertz CT molecular complexity index is 752. The normalized spacial score (nSPS) is 11.7. The van der Waals surface area contributed by atoms with Gasteiger partial charge in [-0.1, -0.05) is 17.3 Å². The number of nitro groups is 1. The summed E-state index contributed by atoms with van der Waals surface area (Å²) < 4.78 is 0. The van der Waals surface area contributed by atoms with Crippen LogP contribution in [0.15, 0.2) is 53.7 Å². The summed E-state index contributed by atoms with van der Waals surface area (Å²) >= 11 is 0. The van der Waals surface area contributed by atoms with Crippen molar-refractivity contribution in [3.8, 4) is 5.75 Å². The molecule has 112 valence electrons. The molecule has 22 heavy (non-hydrogen) atoms. The minimum absolute atomic E-state index is 0.114. The van der Waals surface area contributed by atoms with Crippen molar-refractivity contribution < 1.29 is 15.2 Å². The molecule has 0 amide bonds. The van der Waals surface area contributed by atoms with Crippen molar-refractivity contribution in [2.75, 3.05) is 5.73 Å². The van der Waals surface area contributed by atoms with Gasteiger partial charge >= 0.3 is 0 Å².